The molecule has 1 amide bonds. The van der Waals surface area contributed by atoms with E-state index in [1.165, 1.54) is 0 Å². The smallest absolute Gasteiger partial charge is 0.224 e. The average Bonchev–Trinajstić information content (AvgIpc) is 2.52. The van der Waals surface area contributed by atoms with Gasteiger partial charge in [0, 0.05) is 5.56 Å². The molecule has 2 aromatic carbocycles. The van der Waals surface area contributed by atoms with Crippen molar-refractivity contribution < 1.29 is 14.3 Å². The lowest BCUT2D eigenvalue weighted by Crippen LogP contribution is -2.29. The highest BCUT2D eigenvalue weighted by Gasteiger charge is 2.07. The third-order valence-electron chi connectivity index (χ3n) is 3.23. The number of para-hydroxylation sites is 1. The quantitative estimate of drug-likeness (QED) is 0.800. The van der Waals surface area contributed by atoms with Crippen LogP contribution in [0, 0.1) is 6.92 Å². The number of ether oxygens (including phenoxy) is 2. The maximum absolute atomic E-state index is 11.9. The molecule has 0 aromatic heterocycles. The summed E-state index contributed by atoms with van der Waals surface area (Å²) in [6.45, 7) is 2.94. The molecule has 0 aliphatic carbocycles. The lowest BCUT2D eigenvalue weighted by Gasteiger charge is -2.10. The van der Waals surface area contributed by atoms with Crippen molar-refractivity contribution in [1.82, 2.24) is 5.32 Å². The highest BCUT2D eigenvalue weighted by Crippen LogP contribution is 2.17. The topological polar surface area (TPSA) is 47.6 Å². The first-order chi connectivity index (χ1) is 10.7. The second kappa shape index (κ2) is 8.08. The molecule has 2 rings (SSSR count). The van der Waals surface area contributed by atoms with Gasteiger partial charge in [-0.15, -0.1) is 0 Å². The number of hydrogen-bond donors (Lipinski definition) is 1. The number of methoxy groups -OCH3 is 1. The van der Waals surface area contributed by atoms with E-state index in [1.807, 2.05) is 55.5 Å². The summed E-state index contributed by atoms with van der Waals surface area (Å²) in [7, 11) is 1.60. The average molecular weight is 299 g/mol. The van der Waals surface area contributed by atoms with Crippen LogP contribution in [0.5, 0.6) is 11.5 Å². The Morgan fingerprint density at radius 1 is 1.14 bits per heavy atom. The first-order valence-corrected chi connectivity index (χ1v) is 7.27. The standard InChI is InChI=1S/C18H21NO3/c1-14-6-5-8-16(12-14)22-11-10-19-18(20)13-15-7-3-4-9-17(15)21-2/h3-9,12H,10-11,13H2,1-2H3,(H,19,20). The van der Waals surface area contributed by atoms with Crippen LogP contribution < -0.4 is 14.8 Å². The van der Waals surface area contributed by atoms with Gasteiger partial charge in [-0.05, 0) is 30.7 Å². The predicted molar refractivity (Wildman–Crippen MR) is 86.4 cm³/mol. The minimum absolute atomic E-state index is 0.0441. The third-order valence-corrected chi connectivity index (χ3v) is 3.23. The minimum Gasteiger partial charge on any atom is -0.496 e. The number of benzene rings is 2. The normalized spacial score (nSPS) is 10.1. The Bertz CT molecular complexity index is 625. The maximum Gasteiger partial charge on any atom is 0.224 e. The number of hydrogen-bond acceptors (Lipinski definition) is 3. The predicted octanol–water partition coefficient (Wildman–Crippen LogP) is 2.74. The van der Waals surface area contributed by atoms with Gasteiger partial charge in [-0.25, -0.2) is 0 Å². The van der Waals surface area contributed by atoms with E-state index >= 15 is 0 Å². The fraction of sp³-hybridized carbons (Fsp3) is 0.278. The molecule has 0 bridgehead atoms. The Morgan fingerprint density at radius 3 is 2.73 bits per heavy atom. The molecule has 0 spiro atoms. The molecule has 116 valence electrons. The molecule has 0 fully saturated rings. The van der Waals surface area contributed by atoms with Gasteiger partial charge in [-0.3, -0.25) is 4.79 Å². The summed E-state index contributed by atoms with van der Waals surface area (Å²) in [5.74, 6) is 1.50. The SMILES string of the molecule is COc1ccccc1CC(=O)NCCOc1cccc(C)c1. The van der Waals surface area contributed by atoms with Gasteiger partial charge in [-0.1, -0.05) is 30.3 Å². The van der Waals surface area contributed by atoms with Crippen LogP contribution in [-0.2, 0) is 11.2 Å². The van der Waals surface area contributed by atoms with Gasteiger partial charge in [0.2, 0.25) is 5.91 Å². The fourth-order valence-corrected chi connectivity index (χ4v) is 2.15. The highest BCUT2D eigenvalue weighted by atomic mass is 16.5. The van der Waals surface area contributed by atoms with Crippen LogP contribution in [-0.4, -0.2) is 26.2 Å². The zero-order valence-corrected chi connectivity index (χ0v) is 13.0. The van der Waals surface area contributed by atoms with E-state index in [1.54, 1.807) is 7.11 Å². The zero-order valence-electron chi connectivity index (χ0n) is 13.0. The summed E-state index contributed by atoms with van der Waals surface area (Å²) in [6, 6.07) is 15.4. The van der Waals surface area contributed by atoms with Crippen LogP contribution in [0.15, 0.2) is 48.5 Å². The summed E-state index contributed by atoms with van der Waals surface area (Å²) in [5.41, 5.74) is 2.03. The van der Waals surface area contributed by atoms with E-state index in [9.17, 15) is 4.79 Å². The molecule has 1 N–H and O–H groups in total. The van der Waals surface area contributed by atoms with Crippen molar-refractivity contribution in [3.8, 4) is 11.5 Å². The second-order valence-electron chi connectivity index (χ2n) is 5.00. The van der Waals surface area contributed by atoms with Gasteiger partial charge >= 0.3 is 0 Å². The Hall–Kier alpha value is -2.49. The molecule has 0 atom stereocenters. The largest absolute Gasteiger partial charge is 0.496 e. The molecule has 4 heteroatoms. The second-order valence-corrected chi connectivity index (χ2v) is 5.00. The molecule has 0 heterocycles. The van der Waals surface area contributed by atoms with Gasteiger partial charge in [-0.2, -0.15) is 0 Å². The van der Waals surface area contributed by atoms with Gasteiger partial charge in [0.05, 0.1) is 20.1 Å². The molecule has 22 heavy (non-hydrogen) atoms. The monoisotopic (exact) mass is 299 g/mol. The lowest BCUT2D eigenvalue weighted by molar-refractivity contribution is -0.120. The Kier molecular flexibility index (Phi) is 5.83. The van der Waals surface area contributed by atoms with Crippen molar-refractivity contribution >= 4 is 5.91 Å². The van der Waals surface area contributed by atoms with Crippen molar-refractivity contribution in [2.45, 2.75) is 13.3 Å². The Labute approximate surface area is 131 Å². The van der Waals surface area contributed by atoms with Gasteiger partial charge < -0.3 is 14.8 Å². The molecular weight excluding hydrogens is 278 g/mol. The van der Waals surface area contributed by atoms with E-state index in [2.05, 4.69) is 5.32 Å². The summed E-state index contributed by atoms with van der Waals surface area (Å²) in [5, 5.41) is 2.85. The molecular formula is C18H21NO3. The summed E-state index contributed by atoms with van der Waals surface area (Å²) < 4.78 is 10.8. The first kappa shape index (κ1) is 15.9. The first-order valence-electron chi connectivity index (χ1n) is 7.27. The van der Waals surface area contributed by atoms with Crippen molar-refractivity contribution in [1.29, 1.82) is 0 Å². The van der Waals surface area contributed by atoms with E-state index < -0.39 is 0 Å². The fourth-order valence-electron chi connectivity index (χ4n) is 2.15. The molecule has 0 saturated heterocycles. The molecule has 2 aromatic rings. The van der Waals surface area contributed by atoms with Gasteiger partial charge in [0.1, 0.15) is 18.1 Å². The molecule has 4 nitrogen and oxygen atoms in total. The number of rotatable bonds is 7. The lowest BCUT2D eigenvalue weighted by atomic mass is 10.1. The number of nitrogens with one attached hydrogen (secondary N) is 1. The van der Waals surface area contributed by atoms with Gasteiger partial charge in [0.15, 0.2) is 0 Å². The number of amides is 1. The number of carbonyl (C=O) groups excluding carboxylic acids is 1. The van der Waals surface area contributed by atoms with E-state index in [0.717, 1.165) is 22.6 Å². The zero-order chi connectivity index (χ0) is 15.8. The molecule has 0 aliphatic rings. The van der Waals surface area contributed by atoms with Crippen LogP contribution >= 0.6 is 0 Å². The molecule has 0 radical (unpaired) electrons. The molecule has 0 aliphatic heterocycles. The Balaban J connectivity index is 1.74. The van der Waals surface area contributed by atoms with E-state index in [0.29, 0.717) is 19.6 Å². The number of aryl methyl sites for hydroxylation is 1. The minimum atomic E-state index is -0.0441. The van der Waals surface area contributed by atoms with Crippen LogP contribution in [0.2, 0.25) is 0 Å². The highest BCUT2D eigenvalue weighted by molar-refractivity contribution is 5.79. The summed E-state index contributed by atoms with van der Waals surface area (Å²) in [4.78, 5) is 11.9. The molecule has 0 unspecified atom stereocenters. The van der Waals surface area contributed by atoms with Crippen LogP contribution in [0.3, 0.4) is 0 Å². The Morgan fingerprint density at radius 2 is 1.95 bits per heavy atom. The summed E-state index contributed by atoms with van der Waals surface area (Å²) >= 11 is 0. The van der Waals surface area contributed by atoms with Crippen LogP contribution in [0.1, 0.15) is 11.1 Å². The van der Waals surface area contributed by atoms with Crippen molar-refractivity contribution in [3.63, 3.8) is 0 Å². The van der Waals surface area contributed by atoms with E-state index in [-0.39, 0.29) is 5.91 Å². The van der Waals surface area contributed by atoms with Crippen LogP contribution in [0.25, 0.3) is 0 Å². The molecule has 0 saturated carbocycles. The maximum atomic E-state index is 11.9. The van der Waals surface area contributed by atoms with Crippen LogP contribution in [0.4, 0.5) is 0 Å². The summed E-state index contributed by atoms with van der Waals surface area (Å²) in [6.07, 6.45) is 0.300. The third kappa shape index (κ3) is 4.81. The van der Waals surface area contributed by atoms with Crippen molar-refractivity contribution in [2.24, 2.45) is 0 Å². The number of carbonyl (C=O) groups is 1. The van der Waals surface area contributed by atoms with Crippen molar-refractivity contribution in [2.75, 3.05) is 20.3 Å². The van der Waals surface area contributed by atoms with Gasteiger partial charge in [0.25, 0.3) is 0 Å². The van der Waals surface area contributed by atoms with Crippen molar-refractivity contribution in [3.05, 3.63) is 59.7 Å². The van der Waals surface area contributed by atoms with E-state index in [4.69, 9.17) is 9.47 Å².